The van der Waals surface area contributed by atoms with Crippen molar-refractivity contribution in [3.63, 3.8) is 0 Å². The molecule has 0 bridgehead atoms. The molecule has 1 aromatic carbocycles. The van der Waals surface area contributed by atoms with Crippen LogP contribution in [0, 0.1) is 16.0 Å². The number of hydrogen-bond donors (Lipinski definition) is 0. The molecule has 0 aromatic heterocycles. The van der Waals surface area contributed by atoms with Gasteiger partial charge in [-0.2, -0.15) is 5.10 Å². The van der Waals surface area contributed by atoms with Gasteiger partial charge in [0.15, 0.2) is 0 Å². The first kappa shape index (κ1) is 9.64. The second kappa shape index (κ2) is 3.68. The number of benzene rings is 1. The largest absolute Gasteiger partial charge is 0.269 e. The van der Waals surface area contributed by atoms with Gasteiger partial charge in [-0.1, -0.05) is 6.92 Å². The Balaban J connectivity index is 2.17. The van der Waals surface area contributed by atoms with Crippen LogP contribution in [0.15, 0.2) is 29.4 Å². The number of anilines is 1. The molecule has 1 atom stereocenters. The standard InChI is InChI=1S/C10H11N3O2/c1-8-6-11-12(7-8)9-2-4-10(5-3-9)13(14)15/h2-6,8H,7H2,1H3. The molecule has 1 aromatic rings. The Hall–Kier alpha value is -1.91. The predicted molar refractivity (Wildman–Crippen MR) is 58.1 cm³/mol. The minimum absolute atomic E-state index is 0.106. The summed E-state index contributed by atoms with van der Waals surface area (Å²) < 4.78 is 0. The van der Waals surface area contributed by atoms with Crippen molar-refractivity contribution in [1.29, 1.82) is 0 Å². The highest BCUT2D eigenvalue weighted by molar-refractivity contribution is 5.68. The van der Waals surface area contributed by atoms with Crippen LogP contribution in [0.25, 0.3) is 0 Å². The number of rotatable bonds is 2. The van der Waals surface area contributed by atoms with E-state index in [-0.39, 0.29) is 5.69 Å². The molecule has 1 aliphatic heterocycles. The van der Waals surface area contributed by atoms with Gasteiger partial charge in [-0.15, -0.1) is 0 Å². The van der Waals surface area contributed by atoms with Crippen LogP contribution in [0.5, 0.6) is 0 Å². The molecule has 1 unspecified atom stereocenters. The van der Waals surface area contributed by atoms with Gasteiger partial charge >= 0.3 is 0 Å². The van der Waals surface area contributed by atoms with E-state index in [1.54, 1.807) is 12.1 Å². The highest BCUT2D eigenvalue weighted by atomic mass is 16.6. The SMILES string of the molecule is CC1C=NN(c2ccc([N+](=O)[O-])cc2)C1. The molecule has 0 radical (unpaired) electrons. The predicted octanol–water partition coefficient (Wildman–Crippen LogP) is 2.04. The van der Waals surface area contributed by atoms with Crippen molar-refractivity contribution in [2.75, 3.05) is 11.6 Å². The van der Waals surface area contributed by atoms with Gasteiger partial charge in [0.1, 0.15) is 0 Å². The molecular weight excluding hydrogens is 194 g/mol. The van der Waals surface area contributed by atoms with Crippen LogP contribution in [0.3, 0.4) is 0 Å². The molecule has 5 nitrogen and oxygen atoms in total. The third-order valence-corrected chi connectivity index (χ3v) is 2.28. The maximum Gasteiger partial charge on any atom is 0.269 e. The van der Waals surface area contributed by atoms with E-state index in [1.807, 2.05) is 11.2 Å². The Morgan fingerprint density at radius 3 is 2.60 bits per heavy atom. The number of nitro groups is 1. The number of hydrogen-bond acceptors (Lipinski definition) is 4. The summed E-state index contributed by atoms with van der Waals surface area (Å²) in [7, 11) is 0. The Labute approximate surface area is 87.2 Å². The minimum atomic E-state index is -0.403. The van der Waals surface area contributed by atoms with Crippen molar-refractivity contribution >= 4 is 17.6 Å². The van der Waals surface area contributed by atoms with E-state index >= 15 is 0 Å². The van der Waals surface area contributed by atoms with E-state index in [2.05, 4.69) is 12.0 Å². The molecule has 0 saturated carbocycles. The molecule has 5 heteroatoms. The molecular formula is C10H11N3O2. The normalized spacial score (nSPS) is 19.5. The van der Waals surface area contributed by atoms with E-state index in [4.69, 9.17) is 0 Å². The van der Waals surface area contributed by atoms with Gasteiger partial charge in [0, 0.05) is 30.8 Å². The highest BCUT2D eigenvalue weighted by Gasteiger charge is 2.15. The summed E-state index contributed by atoms with van der Waals surface area (Å²) >= 11 is 0. The zero-order valence-electron chi connectivity index (χ0n) is 8.33. The summed E-state index contributed by atoms with van der Waals surface area (Å²) in [5, 5.41) is 16.5. The lowest BCUT2D eigenvalue weighted by molar-refractivity contribution is -0.384. The third kappa shape index (κ3) is 1.96. The fourth-order valence-corrected chi connectivity index (χ4v) is 1.48. The lowest BCUT2D eigenvalue weighted by Crippen LogP contribution is -2.15. The summed E-state index contributed by atoms with van der Waals surface area (Å²) in [6, 6.07) is 6.42. The fourth-order valence-electron chi connectivity index (χ4n) is 1.48. The zero-order chi connectivity index (χ0) is 10.8. The van der Waals surface area contributed by atoms with E-state index in [9.17, 15) is 10.1 Å². The van der Waals surface area contributed by atoms with E-state index < -0.39 is 4.92 Å². The van der Waals surface area contributed by atoms with Gasteiger partial charge in [0.2, 0.25) is 0 Å². The van der Waals surface area contributed by atoms with Crippen molar-refractivity contribution in [3.8, 4) is 0 Å². The molecule has 0 N–H and O–H groups in total. The molecule has 1 heterocycles. The van der Waals surface area contributed by atoms with Crippen LogP contribution < -0.4 is 5.01 Å². The lowest BCUT2D eigenvalue weighted by atomic mass is 10.2. The Morgan fingerprint density at radius 2 is 2.13 bits per heavy atom. The number of nitro benzene ring substituents is 1. The molecule has 15 heavy (non-hydrogen) atoms. The summed E-state index contributed by atoms with van der Waals surface area (Å²) in [5.74, 6) is 0.431. The Kier molecular flexibility index (Phi) is 2.37. The number of hydrazone groups is 1. The number of non-ortho nitro benzene ring substituents is 1. The first-order valence-electron chi connectivity index (χ1n) is 4.73. The van der Waals surface area contributed by atoms with Crippen molar-refractivity contribution < 1.29 is 4.92 Å². The first-order chi connectivity index (χ1) is 7.16. The van der Waals surface area contributed by atoms with Crippen molar-refractivity contribution in [2.45, 2.75) is 6.92 Å². The molecule has 0 aliphatic carbocycles. The second-order valence-corrected chi connectivity index (χ2v) is 3.60. The molecule has 2 rings (SSSR count). The van der Waals surface area contributed by atoms with Crippen molar-refractivity contribution in [1.82, 2.24) is 0 Å². The summed E-state index contributed by atoms with van der Waals surface area (Å²) in [4.78, 5) is 10.0. The average Bonchev–Trinajstić information content (AvgIpc) is 2.65. The summed E-state index contributed by atoms with van der Waals surface area (Å²) in [6.45, 7) is 2.91. The van der Waals surface area contributed by atoms with E-state index in [1.165, 1.54) is 12.1 Å². The summed E-state index contributed by atoms with van der Waals surface area (Å²) in [5.41, 5.74) is 0.996. The molecule has 0 fully saturated rings. The van der Waals surface area contributed by atoms with Crippen LogP contribution >= 0.6 is 0 Å². The quantitative estimate of drug-likeness (QED) is 0.548. The van der Waals surface area contributed by atoms with Crippen LogP contribution in [0.4, 0.5) is 11.4 Å². The van der Waals surface area contributed by atoms with Gasteiger partial charge in [-0.25, -0.2) is 0 Å². The highest BCUT2D eigenvalue weighted by Crippen LogP contribution is 2.22. The minimum Gasteiger partial charge on any atom is -0.265 e. The van der Waals surface area contributed by atoms with E-state index in [0.29, 0.717) is 5.92 Å². The fraction of sp³-hybridized carbons (Fsp3) is 0.300. The lowest BCUT2D eigenvalue weighted by Gasteiger charge is -2.14. The summed E-state index contributed by atoms with van der Waals surface area (Å²) in [6.07, 6.45) is 1.88. The van der Waals surface area contributed by atoms with Gasteiger partial charge < -0.3 is 0 Å². The van der Waals surface area contributed by atoms with Gasteiger partial charge in [-0.3, -0.25) is 15.1 Å². The maximum absolute atomic E-state index is 10.4. The van der Waals surface area contributed by atoms with Crippen LogP contribution in [-0.2, 0) is 0 Å². The van der Waals surface area contributed by atoms with Crippen molar-refractivity contribution in [2.24, 2.45) is 11.0 Å². The molecule has 0 saturated heterocycles. The average molecular weight is 205 g/mol. The van der Waals surface area contributed by atoms with E-state index in [0.717, 1.165) is 12.2 Å². The smallest absolute Gasteiger partial charge is 0.265 e. The monoisotopic (exact) mass is 205 g/mol. The maximum atomic E-state index is 10.4. The van der Waals surface area contributed by atoms with Crippen LogP contribution in [-0.4, -0.2) is 17.7 Å². The molecule has 78 valence electrons. The van der Waals surface area contributed by atoms with Crippen LogP contribution in [0.2, 0.25) is 0 Å². The molecule has 1 aliphatic rings. The Bertz CT molecular complexity index is 400. The van der Waals surface area contributed by atoms with Gasteiger partial charge in [0.05, 0.1) is 10.6 Å². The Morgan fingerprint density at radius 1 is 1.47 bits per heavy atom. The topological polar surface area (TPSA) is 58.7 Å². The van der Waals surface area contributed by atoms with Crippen LogP contribution in [0.1, 0.15) is 6.92 Å². The number of nitrogens with zero attached hydrogens (tertiary/aromatic N) is 3. The van der Waals surface area contributed by atoms with Gasteiger partial charge in [-0.05, 0) is 12.1 Å². The zero-order valence-corrected chi connectivity index (χ0v) is 8.33. The van der Waals surface area contributed by atoms with Crippen molar-refractivity contribution in [3.05, 3.63) is 34.4 Å². The van der Waals surface area contributed by atoms with Gasteiger partial charge in [0.25, 0.3) is 5.69 Å². The molecule has 0 amide bonds. The second-order valence-electron chi connectivity index (χ2n) is 3.60. The third-order valence-electron chi connectivity index (χ3n) is 2.28. The molecule has 0 spiro atoms. The first-order valence-corrected chi connectivity index (χ1v) is 4.73.